The quantitative estimate of drug-likeness (QED) is 0.432. The molecule has 1 unspecified atom stereocenters. The van der Waals surface area contributed by atoms with Crippen molar-refractivity contribution in [3.05, 3.63) is 71.8 Å². The minimum atomic E-state index is -0.570. The highest BCUT2D eigenvalue weighted by atomic mass is 16.5. The highest BCUT2D eigenvalue weighted by Crippen LogP contribution is 2.28. The number of nitrogens with one attached hydrogen (secondary N) is 1. The molecule has 0 saturated carbocycles. The summed E-state index contributed by atoms with van der Waals surface area (Å²) in [4.78, 5) is 12.7. The Balaban J connectivity index is 1.93. The summed E-state index contributed by atoms with van der Waals surface area (Å²) in [5.41, 5.74) is 3.25. The first-order valence-corrected chi connectivity index (χ1v) is 9.86. The van der Waals surface area contributed by atoms with E-state index in [1.807, 2.05) is 49.4 Å². The normalized spacial score (nSPS) is 11.2. The molecule has 5 heteroatoms. The topological polar surface area (TPSA) is 56.8 Å². The molecule has 0 radical (unpaired) electrons. The number of aryl methyl sites for hydroxylation is 1. The van der Waals surface area contributed by atoms with Gasteiger partial charge in [-0.25, -0.2) is 0 Å². The number of terminal acetylenes is 1. The van der Waals surface area contributed by atoms with Crippen molar-refractivity contribution in [1.82, 2.24) is 5.32 Å². The third-order valence-corrected chi connectivity index (χ3v) is 4.50. The Labute approximate surface area is 179 Å². The monoisotopic (exact) mass is 407 g/mol. The molecule has 0 spiro atoms. The van der Waals surface area contributed by atoms with E-state index in [1.165, 1.54) is 5.56 Å². The molecular weight excluding hydrogens is 378 g/mol. The van der Waals surface area contributed by atoms with Crippen LogP contribution in [-0.4, -0.2) is 38.9 Å². The fourth-order valence-electron chi connectivity index (χ4n) is 2.90. The number of methoxy groups -OCH3 is 1. The van der Waals surface area contributed by atoms with E-state index in [0.29, 0.717) is 37.5 Å². The lowest BCUT2D eigenvalue weighted by Gasteiger charge is -2.17. The molecule has 30 heavy (non-hydrogen) atoms. The SMILES string of the molecule is C#CCOc1ccc(CCNC(=O)C(Cc2ccc(C)cc2)OCC=C)cc1OC. The molecule has 5 nitrogen and oxygen atoms in total. The van der Waals surface area contributed by atoms with Gasteiger partial charge in [0.2, 0.25) is 5.91 Å². The average Bonchev–Trinajstić information content (AvgIpc) is 2.76. The van der Waals surface area contributed by atoms with Gasteiger partial charge in [-0.1, -0.05) is 47.9 Å². The van der Waals surface area contributed by atoms with E-state index in [2.05, 4.69) is 17.8 Å². The number of carbonyl (C=O) groups excluding carboxylic acids is 1. The van der Waals surface area contributed by atoms with Crippen LogP contribution in [0.15, 0.2) is 55.1 Å². The third kappa shape index (κ3) is 7.31. The molecule has 0 aliphatic heterocycles. The van der Waals surface area contributed by atoms with E-state index in [1.54, 1.807) is 13.2 Å². The maximum absolute atomic E-state index is 12.7. The van der Waals surface area contributed by atoms with E-state index >= 15 is 0 Å². The molecule has 1 amide bonds. The molecule has 1 atom stereocenters. The fourth-order valence-corrected chi connectivity index (χ4v) is 2.90. The first-order valence-electron chi connectivity index (χ1n) is 9.86. The summed E-state index contributed by atoms with van der Waals surface area (Å²) in [6.45, 7) is 6.68. The van der Waals surface area contributed by atoms with Gasteiger partial charge in [-0.2, -0.15) is 0 Å². The van der Waals surface area contributed by atoms with Gasteiger partial charge in [0.15, 0.2) is 11.5 Å². The molecule has 0 fully saturated rings. The Kier molecular flexibility index (Phi) is 9.50. The number of amides is 1. The number of ether oxygens (including phenoxy) is 3. The van der Waals surface area contributed by atoms with Crippen molar-refractivity contribution in [1.29, 1.82) is 0 Å². The highest BCUT2D eigenvalue weighted by molar-refractivity contribution is 5.81. The van der Waals surface area contributed by atoms with Gasteiger partial charge in [0.25, 0.3) is 0 Å². The third-order valence-electron chi connectivity index (χ3n) is 4.50. The van der Waals surface area contributed by atoms with Crippen molar-refractivity contribution in [2.75, 3.05) is 26.9 Å². The molecule has 1 N–H and O–H groups in total. The summed E-state index contributed by atoms with van der Waals surface area (Å²) < 4.78 is 16.5. The molecule has 0 saturated heterocycles. The molecule has 2 rings (SSSR count). The fraction of sp³-hybridized carbons (Fsp3) is 0.320. The molecular formula is C25H29NO4. The maximum Gasteiger partial charge on any atom is 0.249 e. The summed E-state index contributed by atoms with van der Waals surface area (Å²) in [5.74, 6) is 3.50. The van der Waals surface area contributed by atoms with E-state index in [9.17, 15) is 4.79 Å². The highest BCUT2D eigenvalue weighted by Gasteiger charge is 2.19. The summed E-state index contributed by atoms with van der Waals surface area (Å²) >= 11 is 0. The number of hydrogen-bond acceptors (Lipinski definition) is 4. The molecule has 0 aliphatic rings. The smallest absolute Gasteiger partial charge is 0.249 e. The van der Waals surface area contributed by atoms with Crippen LogP contribution in [0, 0.1) is 19.3 Å². The van der Waals surface area contributed by atoms with Crippen LogP contribution in [0.4, 0.5) is 0 Å². The molecule has 2 aromatic carbocycles. The molecule has 0 bridgehead atoms. The van der Waals surface area contributed by atoms with E-state index < -0.39 is 6.10 Å². The Morgan fingerprint density at radius 2 is 1.93 bits per heavy atom. The zero-order valence-corrected chi connectivity index (χ0v) is 17.6. The lowest BCUT2D eigenvalue weighted by molar-refractivity contribution is -0.132. The maximum atomic E-state index is 12.7. The first-order chi connectivity index (χ1) is 14.6. The van der Waals surface area contributed by atoms with Crippen molar-refractivity contribution in [2.24, 2.45) is 0 Å². The summed E-state index contributed by atoms with van der Waals surface area (Å²) in [6, 6.07) is 13.7. The molecule has 0 aliphatic carbocycles. The largest absolute Gasteiger partial charge is 0.493 e. The lowest BCUT2D eigenvalue weighted by Crippen LogP contribution is -2.39. The summed E-state index contributed by atoms with van der Waals surface area (Å²) in [7, 11) is 1.58. The van der Waals surface area contributed by atoms with Crippen molar-refractivity contribution in [3.63, 3.8) is 0 Å². The Bertz CT molecular complexity index is 868. The summed E-state index contributed by atoms with van der Waals surface area (Å²) in [5, 5.41) is 2.96. The van der Waals surface area contributed by atoms with Gasteiger partial charge in [-0.15, -0.1) is 13.0 Å². The Morgan fingerprint density at radius 1 is 1.20 bits per heavy atom. The van der Waals surface area contributed by atoms with Gasteiger partial charge >= 0.3 is 0 Å². The van der Waals surface area contributed by atoms with Crippen molar-refractivity contribution in [3.8, 4) is 23.8 Å². The first kappa shape index (κ1) is 23.1. The van der Waals surface area contributed by atoms with Crippen LogP contribution in [0.1, 0.15) is 16.7 Å². The van der Waals surface area contributed by atoms with Crippen LogP contribution < -0.4 is 14.8 Å². The molecule has 0 heterocycles. The van der Waals surface area contributed by atoms with Gasteiger partial charge in [-0.05, 0) is 36.6 Å². The van der Waals surface area contributed by atoms with E-state index in [4.69, 9.17) is 20.6 Å². The summed E-state index contributed by atoms with van der Waals surface area (Å²) in [6.07, 6.45) is 7.46. The van der Waals surface area contributed by atoms with E-state index in [-0.39, 0.29) is 12.5 Å². The molecule has 0 aromatic heterocycles. The van der Waals surface area contributed by atoms with Crippen LogP contribution >= 0.6 is 0 Å². The van der Waals surface area contributed by atoms with Crippen LogP contribution in [0.25, 0.3) is 0 Å². The minimum Gasteiger partial charge on any atom is -0.493 e. The minimum absolute atomic E-state index is 0.140. The number of carbonyl (C=O) groups is 1. The zero-order chi connectivity index (χ0) is 21.8. The Morgan fingerprint density at radius 3 is 2.60 bits per heavy atom. The van der Waals surface area contributed by atoms with Gasteiger partial charge in [-0.3, -0.25) is 4.79 Å². The second-order valence-corrected chi connectivity index (χ2v) is 6.82. The zero-order valence-electron chi connectivity index (χ0n) is 17.6. The van der Waals surface area contributed by atoms with Gasteiger partial charge in [0.1, 0.15) is 12.7 Å². The van der Waals surface area contributed by atoms with Gasteiger partial charge < -0.3 is 19.5 Å². The second kappa shape index (κ2) is 12.4. The van der Waals surface area contributed by atoms with E-state index in [0.717, 1.165) is 11.1 Å². The lowest BCUT2D eigenvalue weighted by atomic mass is 10.1. The van der Waals surface area contributed by atoms with Crippen LogP contribution in [0.3, 0.4) is 0 Å². The average molecular weight is 408 g/mol. The molecule has 158 valence electrons. The van der Waals surface area contributed by atoms with Crippen LogP contribution in [0.5, 0.6) is 11.5 Å². The van der Waals surface area contributed by atoms with Gasteiger partial charge in [0.05, 0.1) is 13.7 Å². The molecule has 2 aromatic rings. The second-order valence-electron chi connectivity index (χ2n) is 6.82. The van der Waals surface area contributed by atoms with Crippen LogP contribution in [0.2, 0.25) is 0 Å². The van der Waals surface area contributed by atoms with Crippen molar-refractivity contribution >= 4 is 5.91 Å². The predicted octanol–water partition coefficient (Wildman–Crippen LogP) is 3.49. The predicted molar refractivity (Wildman–Crippen MR) is 119 cm³/mol. The number of rotatable bonds is 12. The Hall–Kier alpha value is -3.23. The number of hydrogen-bond donors (Lipinski definition) is 1. The van der Waals surface area contributed by atoms with Crippen LogP contribution in [-0.2, 0) is 22.4 Å². The van der Waals surface area contributed by atoms with Gasteiger partial charge in [0, 0.05) is 13.0 Å². The van der Waals surface area contributed by atoms with Crippen molar-refractivity contribution in [2.45, 2.75) is 25.9 Å². The number of benzene rings is 2. The van der Waals surface area contributed by atoms with Crippen molar-refractivity contribution < 1.29 is 19.0 Å². The standard InChI is InChI=1S/C25H29NO4/c1-5-15-29-22-12-11-21(17-23(22)28-4)13-14-26-25(27)24(30-16-6-2)18-20-9-7-19(3)8-10-20/h1,6-12,17,24H,2,13-16,18H2,3-4H3,(H,26,27).